The number of anilines is 1. The Bertz CT molecular complexity index is 676. The maximum atomic E-state index is 13.4. The van der Waals surface area contributed by atoms with Crippen LogP contribution < -0.4 is 10.1 Å². The fourth-order valence-corrected chi connectivity index (χ4v) is 1.89. The van der Waals surface area contributed by atoms with Crippen molar-refractivity contribution in [2.75, 3.05) is 18.5 Å². The SMILES string of the molecule is O=C(COC(=O)CCCOc1ccccc1)Nc1ccccc1F. The second kappa shape index (κ2) is 9.29. The number of halogens is 1. The van der Waals surface area contributed by atoms with E-state index >= 15 is 0 Å². The van der Waals surface area contributed by atoms with E-state index in [9.17, 15) is 14.0 Å². The Morgan fingerprint density at radius 1 is 1.00 bits per heavy atom. The number of benzene rings is 2. The van der Waals surface area contributed by atoms with Crippen LogP contribution in [0.15, 0.2) is 54.6 Å². The number of rotatable bonds is 8. The topological polar surface area (TPSA) is 64.6 Å². The van der Waals surface area contributed by atoms with Crippen LogP contribution in [0.1, 0.15) is 12.8 Å². The van der Waals surface area contributed by atoms with Crippen LogP contribution in [-0.4, -0.2) is 25.1 Å². The maximum absolute atomic E-state index is 13.4. The van der Waals surface area contributed by atoms with E-state index in [1.54, 1.807) is 6.07 Å². The van der Waals surface area contributed by atoms with Gasteiger partial charge < -0.3 is 14.8 Å². The number of para-hydroxylation sites is 2. The highest BCUT2D eigenvalue weighted by molar-refractivity contribution is 5.92. The third-order valence-electron chi connectivity index (χ3n) is 3.05. The van der Waals surface area contributed by atoms with Crippen molar-refractivity contribution in [3.05, 3.63) is 60.4 Å². The molecule has 126 valence electrons. The second-order valence-corrected chi connectivity index (χ2v) is 4.95. The molecule has 0 aliphatic heterocycles. The summed E-state index contributed by atoms with van der Waals surface area (Å²) in [6.07, 6.45) is 0.614. The fraction of sp³-hybridized carbons (Fsp3) is 0.222. The Morgan fingerprint density at radius 2 is 1.71 bits per heavy atom. The lowest BCUT2D eigenvalue weighted by Crippen LogP contribution is -2.21. The zero-order valence-corrected chi connectivity index (χ0v) is 13.0. The minimum Gasteiger partial charge on any atom is -0.494 e. The van der Waals surface area contributed by atoms with Crippen LogP contribution in [0.5, 0.6) is 5.75 Å². The van der Waals surface area contributed by atoms with Gasteiger partial charge in [0.25, 0.3) is 5.91 Å². The molecule has 5 nitrogen and oxygen atoms in total. The molecule has 0 aromatic heterocycles. The smallest absolute Gasteiger partial charge is 0.306 e. The molecule has 0 radical (unpaired) electrons. The largest absolute Gasteiger partial charge is 0.494 e. The van der Waals surface area contributed by atoms with Crippen molar-refractivity contribution >= 4 is 17.6 Å². The molecule has 2 rings (SSSR count). The minimum absolute atomic E-state index is 0.0508. The third kappa shape index (κ3) is 6.08. The van der Waals surface area contributed by atoms with Crippen LogP contribution in [0.25, 0.3) is 0 Å². The van der Waals surface area contributed by atoms with Gasteiger partial charge in [-0.3, -0.25) is 9.59 Å². The van der Waals surface area contributed by atoms with E-state index in [4.69, 9.17) is 9.47 Å². The minimum atomic E-state index is -0.589. The monoisotopic (exact) mass is 331 g/mol. The molecule has 0 spiro atoms. The molecule has 0 unspecified atom stereocenters. The summed E-state index contributed by atoms with van der Waals surface area (Å²) in [4.78, 5) is 23.2. The van der Waals surface area contributed by atoms with Crippen molar-refractivity contribution in [1.29, 1.82) is 0 Å². The van der Waals surface area contributed by atoms with E-state index in [1.165, 1.54) is 18.2 Å². The van der Waals surface area contributed by atoms with E-state index in [0.29, 0.717) is 13.0 Å². The van der Waals surface area contributed by atoms with Crippen LogP contribution >= 0.6 is 0 Å². The molecule has 0 heterocycles. The quantitative estimate of drug-likeness (QED) is 0.596. The first-order chi connectivity index (χ1) is 11.6. The van der Waals surface area contributed by atoms with Gasteiger partial charge in [-0.1, -0.05) is 30.3 Å². The number of ether oxygens (including phenoxy) is 2. The lowest BCUT2D eigenvalue weighted by Gasteiger charge is -2.08. The van der Waals surface area contributed by atoms with Gasteiger partial charge in [-0.2, -0.15) is 0 Å². The molecule has 2 aromatic carbocycles. The number of carbonyl (C=O) groups excluding carboxylic acids is 2. The van der Waals surface area contributed by atoms with E-state index in [1.807, 2.05) is 30.3 Å². The van der Waals surface area contributed by atoms with Gasteiger partial charge in [0, 0.05) is 6.42 Å². The van der Waals surface area contributed by atoms with Gasteiger partial charge >= 0.3 is 5.97 Å². The molecular formula is C18H18FNO4. The van der Waals surface area contributed by atoms with E-state index in [0.717, 1.165) is 5.75 Å². The Labute approximate surface area is 139 Å². The van der Waals surface area contributed by atoms with Crippen LogP contribution in [0, 0.1) is 5.82 Å². The van der Waals surface area contributed by atoms with Crippen molar-refractivity contribution in [1.82, 2.24) is 0 Å². The van der Waals surface area contributed by atoms with Gasteiger partial charge in [-0.25, -0.2) is 4.39 Å². The van der Waals surface area contributed by atoms with Gasteiger partial charge in [0.15, 0.2) is 6.61 Å². The standard InChI is InChI=1S/C18H18FNO4/c19-15-9-4-5-10-16(15)20-17(21)13-24-18(22)11-6-12-23-14-7-2-1-3-8-14/h1-5,7-10H,6,11-13H2,(H,20,21). The summed E-state index contributed by atoms with van der Waals surface area (Å²) < 4.78 is 23.6. The third-order valence-corrected chi connectivity index (χ3v) is 3.05. The number of amides is 1. The molecule has 0 bridgehead atoms. The molecule has 0 aliphatic carbocycles. The van der Waals surface area contributed by atoms with Gasteiger partial charge in [-0.15, -0.1) is 0 Å². The molecule has 2 aromatic rings. The average Bonchev–Trinajstić information content (AvgIpc) is 2.60. The fourth-order valence-electron chi connectivity index (χ4n) is 1.89. The Kier molecular flexibility index (Phi) is 6.76. The van der Waals surface area contributed by atoms with E-state index in [-0.39, 0.29) is 12.1 Å². The number of hydrogen-bond donors (Lipinski definition) is 1. The number of hydrogen-bond acceptors (Lipinski definition) is 4. The van der Waals surface area contributed by atoms with Crippen molar-refractivity contribution in [2.45, 2.75) is 12.8 Å². The summed E-state index contributed by atoms with van der Waals surface area (Å²) in [5.41, 5.74) is 0.0508. The molecule has 0 aliphatic rings. The predicted octanol–water partition coefficient (Wildman–Crippen LogP) is 3.17. The molecule has 1 amide bonds. The molecule has 6 heteroatoms. The van der Waals surface area contributed by atoms with Crippen molar-refractivity contribution in [3.63, 3.8) is 0 Å². The lowest BCUT2D eigenvalue weighted by molar-refractivity contribution is -0.147. The number of esters is 1. The lowest BCUT2D eigenvalue weighted by atomic mass is 10.3. The van der Waals surface area contributed by atoms with Crippen molar-refractivity contribution in [2.24, 2.45) is 0 Å². The van der Waals surface area contributed by atoms with Gasteiger partial charge in [0.1, 0.15) is 11.6 Å². The molecule has 24 heavy (non-hydrogen) atoms. The number of nitrogens with one attached hydrogen (secondary N) is 1. The number of carbonyl (C=O) groups is 2. The molecular weight excluding hydrogens is 313 g/mol. The van der Waals surface area contributed by atoms with Crippen molar-refractivity contribution in [3.8, 4) is 5.75 Å². The zero-order chi connectivity index (χ0) is 17.2. The van der Waals surface area contributed by atoms with Gasteiger partial charge in [0.2, 0.25) is 0 Å². The van der Waals surface area contributed by atoms with E-state index < -0.39 is 24.3 Å². The first-order valence-corrected chi connectivity index (χ1v) is 7.53. The molecule has 0 saturated carbocycles. The Hall–Kier alpha value is -2.89. The van der Waals surface area contributed by atoms with E-state index in [2.05, 4.69) is 5.32 Å². The highest BCUT2D eigenvalue weighted by Gasteiger charge is 2.09. The first kappa shape index (κ1) is 17.5. The summed E-state index contributed by atoms with van der Waals surface area (Å²) in [6.45, 7) is -0.0761. The summed E-state index contributed by atoms with van der Waals surface area (Å²) >= 11 is 0. The van der Waals surface area contributed by atoms with Crippen LogP contribution in [0.4, 0.5) is 10.1 Å². The molecule has 0 saturated heterocycles. The normalized spacial score (nSPS) is 10.0. The Morgan fingerprint density at radius 3 is 2.46 bits per heavy atom. The van der Waals surface area contributed by atoms with Crippen molar-refractivity contribution < 1.29 is 23.5 Å². The summed E-state index contributed by atoms with van der Waals surface area (Å²) in [6, 6.07) is 15.0. The predicted molar refractivity (Wildman–Crippen MR) is 87.2 cm³/mol. The Balaban J connectivity index is 1.60. The van der Waals surface area contributed by atoms with Crippen LogP contribution in [0.2, 0.25) is 0 Å². The van der Waals surface area contributed by atoms with Crippen LogP contribution in [-0.2, 0) is 14.3 Å². The first-order valence-electron chi connectivity index (χ1n) is 7.53. The second-order valence-electron chi connectivity index (χ2n) is 4.95. The van der Waals surface area contributed by atoms with Gasteiger partial charge in [0.05, 0.1) is 12.3 Å². The summed E-state index contributed by atoms with van der Waals surface area (Å²) in [5.74, 6) is -0.908. The maximum Gasteiger partial charge on any atom is 0.306 e. The highest BCUT2D eigenvalue weighted by Crippen LogP contribution is 2.12. The molecule has 0 fully saturated rings. The highest BCUT2D eigenvalue weighted by atomic mass is 19.1. The average molecular weight is 331 g/mol. The van der Waals surface area contributed by atoms with Gasteiger partial charge in [-0.05, 0) is 30.7 Å². The molecule has 1 N–H and O–H groups in total. The summed E-state index contributed by atoms with van der Waals surface area (Å²) in [7, 11) is 0. The van der Waals surface area contributed by atoms with Crippen LogP contribution in [0.3, 0.4) is 0 Å². The molecule has 0 atom stereocenters. The summed E-state index contributed by atoms with van der Waals surface area (Å²) in [5, 5.41) is 2.34. The zero-order valence-electron chi connectivity index (χ0n) is 13.0.